The van der Waals surface area contributed by atoms with Crippen molar-refractivity contribution in [3.63, 3.8) is 0 Å². The van der Waals surface area contributed by atoms with Crippen LogP contribution in [0.25, 0.3) is 16.8 Å². The Morgan fingerprint density at radius 3 is 2.81 bits per heavy atom. The van der Waals surface area contributed by atoms with Gasteiger partial charge in [-0.25, -0.2) is 4.98 Å². The zero-order valence-electron chi connectivity index (χ0n) is 20.5. The molecule has 3 aromatic heterocycles. The highest BCUT2D eigenvalue weighted by Crippen LogP contribution is 2.39. The number of alkyl halides is 3. The number of rotatable bonds is 7. The number of halogens is 4. The van der Waals surface area contributed by atoms with E-state index < -0.39 is 18.0 Å². The summed E-state index contributed by atoms with van der Waals surface area (Å²) < 4.78 is 48.1. The second kappa shape index (κ2) is 10.5. The molecule has 1 aliphatic carbocycles. The molecule has 0 radical (unpaired) electrons. The first-order chi connectivity index (χ1) is 17.8. The largest absolute Gasteiger partial charge is 0.472 e. The van der Waals surface area contributed by atoms with Crippen molar-refractivity contribution in [1.82, 2.24) is 14.3 Å². The predicted molar refractivity (Wildman–Crippen MR) is 137 cm³/mol. The molecule has 2 unspecified atom stereocenters. The van der Waals surface area contributed by atoms with Crippen molar-refractivity contribution in [1.29, 1.82) is 0 Å². The normalized spacial score (nSPS) is 19.8. The highest BCUT2D eigenvalue weighted by Gasteiger charge is 2.37. The minimum atomic E-state index is -4.65. The number of hydrogen-bond donors (Lipinski definition) is 1. The molecule has 37 heavy (non-hydrogen) atoms. The summed E-state index contributed by atoms with van der Waals surface area (Å²) in [4.78, 5) is 5.98. The van der Waals surface area contributed by atoms with E-state index in [1.165, 1.54) is 34.3 Å². The average molecular weight is 532 g/mol. The number of fused-ring (bicyclic) bond motifs is 1. The maximum Gasteiger partial charge on any atom is 0.420 e. The first-order valence-corrected chi connectivity index (χ1v) is 12.9. The number of furan rings is 1. The average Bonchev–Trinajstić information content (AvgIpc) is 3.55. The van der Waals surface area contributed by atoms with Gasteiger partial charge in [-0.05, 0) is 37.8 Å². The number of unbranched alkanes of at least 4 members (excludes halogenated alkanes) is 1. The zero-order valence-corrected chi connectivity index (χ0v) is 21.3. The van der Waals surface area contributed by atoms with Gasteiger partial charge in [-0.15, -0.1) is 0 Å². The van der Waals surface area contributed by atoms with E-state index in [4.69, 9.17) is 16.0 Å². The molecule has 2 aliphatic rings. The number of nitrogens with zero attached hydrogens (tertiary/aromatic N) is 3. The van der Waals surface area contributed by atoms with Gasteiger partial charge in [0.15, 0.2) is 11.9 Å². The van der Waals surface area contributed by atoms with E-state index in [1.807, 2.05) is 0 Å². The van der Waals surface area contributed by atoms with Crippen LogP contribution in [0.2, 0.25) is 5.15 Å². The number of imidazole rings is 1. The molecule has 9 heteroatoms. The van der Waals surface area contributed by atoms with Gasteiger partial charge in [0.2, 0.25) is 0 Å². The topological polar surface area (TPSA) is 53.9 Å². The second-order valence-corrected chi connectivity index (χ2v) is 9.95. The quantitative estimate of drug-likeness (QED) is 0.319. The van der Waals surface area contributed by atoms with Crippen LogP contribution in [0.1, 0.15) is 56.5 Å². The molecule has 2 atom stereocenters. The third kappa shape index (κ3) is 5.15. The van der Waals surface area contributed by atoms with Gasteiger partial charge in [0, 0.05) is 36.3 Å². The molecule has 5 rings (SSSR count). The number of aromatic nitrogens is 2. The maximum absolute atomic E-state index is 14.0. The Morgan fingerprint density at radius 1 is 1.30 bits per heavy atom. The minimum absolute atomic E-state index is 0.0116. The van der Waals surface area contributed by atoms with E-state index in [2.05, 4.69) is 36.2 Å². The number of hydrogen-bond acceptors (Lipinski definition) is 4. The van der Waals surface area contributed by atoms with Gasteiger partial charge >= 0.3 is 6.18 Å². The van der Waals surface area contributed by atoms with E-state index >= 15 is 0 Å². The van der Waals surface area contributed by atoms with Gasteiger partial charge in [0.05, 0.1) is 18.1 Å². The Morgan fingerprint density at radius 2 is 2.14 bits per heavy atom. The van der Waals surface area contributed by atoms with E-state index in [0.717, 1.165) is 38.2 Å². The Bertz CT molecular complexity index is 1360. The van der Waals surface area contributed by atoms with Crippen molar-refractivity contribution < 1.29 is 22.7 Å². The lowest BCUT2D eigenvalue weighted by Gasteiger charge is -2.33. The summed E-state index contributed by atoms with van der Waals surface area (Å²) in [5.74, 6) is 0.380. The molecule has 3 aromatic rings. The van der Waals surface area contributed by atoms with Crippen molar-refractivity contribution >= 4 is 17.2 Å². The minimum Gasteiger partial charge on any atom is -0.472 e. The molecule has 0 fully saturated rings. The Labute approximate surface area is 218 Å². The fraction of sp³-hybridized carbons (Fsp3) is 0.393. The molecule has 0 bridgehead atoms. The first-order valence-electron chi connectivity index (χ1n) is 12.6. The first kappa shape index (κ1) is 25.8. The fourth-order valence-electron chi connectivity index (χ4n) is 5.21. The highest BCUT2D eigenvalue weighted by atomic mass is 35.5. The SMILES string of the molecule is CCCCC1=CC=CCC1C1=CCN(C(O)c2nc3c(C(F)(F)F)cc(-c4ccoc4)cn3c2Cl)CC1. The van der Waals surface area contributed by atoms with Crippen LogP contribution >= 0.6 is 11.6 Å². The lowest BCUT2D eigenvalue weighted by Crippen LogP contribution is -2.34. The van der Waals surface area contributed by atoms with E-state index in [1.54, 1.807) is 11.0 Å². The molecule has 0 aromatic carbocycles. The van der Waals surface area contributed by atoms with Gasteiger partial charge in [0.1, 0.15) is 10.8 Å². The molecular weight excluding hydrogens is 503 g/mol. The fourth-order valence-corrected chi connectivity index (χ4v) is 5.48. The summed E-state index contributed by atoms with van der Waals surface area (Å²) in [6.45, 7) is 3.22. The van der Waals surface area contributed by atoms with E-state index in [-0.39, 0.29) is 22.1 Å². The van der Waals surface area contributed by atoms with E-state index in [9.17, 15) is 18.3 Å². The summed E-state index contributed by atoms with van der Waals surface area (Å²) >= 11 is 6.54. The Kier molecular flexibility index (Phi) is 7.34. The number of aliphatic hydroxyl groups excluding tert-OH is 1. The molecule has 0 saturated heterocycles. The second-order valence-electron chi connectivity index (χ2n) is 9.59. The lowest BCUT2D eigenvalue weighted by atomic mass is 9.80. The zero-order chi connectivity index (χ0) is 26.2. The number of pyridine rings is 1. The Hall–Kier alpha value is -2.81. The summed E-state index contributed by atoms with van der Waals surface area (Å²) in [5.41, 5.74) is 2.31. The van der Waals surface area contributed by atoms with Crippen LogP contribution in [-0.2, 0) is 6.18 Å². The van der Waals surface area contributed by atoms with Crippen LogP contribution in [0.15, 0.2) is 70.7 Å². The maximum atomic E-state index is 14.0. The molecule has 1 N–H and O–H groups in total. The molecule has 1 aliphatic heterocycles. The van der Waals surface area contributed by atoms with Crippen molar-refractivity contribution in [2.24, 2.45) is 5.92 Å². The number of aliphatic hydroxyl groups is 1. The Balaban J connectivity index is 1.42. The van der Waals surface area contributed by atoms with Crippen molar-refractivity contribution in [3.8, 4) is 11.1 Å². The molecule has 0 amide bonds. The van der Waals surface area contributed by atoms with Crippen LogP contribution in [0, 0.1) is 5.92 Å². The summed E-state index contributed by atoms with van der Waals surface area (Å²) in [5, 5.41) is 11.1. The smallest absolute Gasteiger partial charge is 0.420 e. The third-order valence-corrected chi connectivity index (χ3v) is 7.62. The van der Waals surface area contributed by atoms with Gasteiger partial charge in [-0.2, -0.15) is 13.2 Å². The van der Waals surface area contributed by atoms with Gasteiger partial charge in [-0.3, -0.25) is 9.30 Å². The van der Waals surface area contributed by atoms with Crippen molar-refractivity contribution in [2.75, 3.05) is 13.1 Å². The molecule has 4 heterocycles. The van der Waals surface area contributed by atoms with Crippen LogP contribution < -0.4 is 0 Å². The van der Waals surface area contributed by atoms with Crippen molar-refractivity contribution in [2.45, 2.75) is 51.4 Å². The molecular formula is C28H29ClF3N3O2. The lowest BCUT2D eigenvalue weighted by molar-refractivity contribution is -0.136. The van der Waals surface area contributed by atoms with Crippen LogP contribution in [0.5, 0.6) is 0 Å². The van der Waals surface area contributed by atoms with Gasteiger partial charge in [0.25, 0.3) is 0 Å². The van der Waals surface area contributed by atoms with Crippen LogP contribution in [0.3, 0.4) is 0 Å². The van der Waals surface area contributed by atoms with Crippen LogP contribution in [-0.4, -0.2) is 32.5 Å². The van der Waals surface area contributed by atoms with Crippen LogP contribution in [0.4, 0.5) is 13.2 Å². The summed E-state index contributed by atoms with van der Waals surface area (Å²) in [6.07, 6.45) is 12.1. The van der Waals surface area contributed by atoms with E-state index in [0.29, 0.717) is 24.6 Å². The monoisotopic (exact) mass is 531 g/mol. The summed E-state index contributed by atoms with van der Waals surface area (Å²) in [6, 6.07) is 2.60. The number of allylic oxidation sites excluding steroid dienone is 4. The molecule has 0 saturated carbocycles. The molecule has 5 nitrogen and oxygen atoms in total. The van der Waals surface area contributed by atoms with Gasteiger partial charge in [-0.1, -0.05) is 60.4 Å². The van der Waals surface area contributed by atoms with Gasteiger partial charge < -0.3 is 9.52 Å². The van der Waals surface area contributed by atoms with Crippen molar-refractivity contribution in [3.05, 3.63) is 82.7 Å². The predicted octanol–water partition coefficient (Wildman–Crippen LogP) is 7.58. The summed E-state index contributed by atoms with van der Waals surface area (Å²) in [7, 11) is 0. The molecule has 0 spiro atoms. The molecule has 196 valence electrons. The standard InChI is InChI=1S/C28H29ClF3N3O2/c1-2-3-6-18-7-4-5-8-22(18)19-9-12-34(13-10-19)27(36)24-25(29)35-16-21(20-11-14-37-17-20)15-23(26(35)33-24)28(30,31)32/h4-5,7,9,11,14-17,22,27,36H,2-3,6,8,10,12-13H2,1H3. The third-order valence-electron chi connectivity index (χ3n) is 7.24. The highest BCUT2D eigenvalue weighted by molar-refractivity contribution is 6.30.